The van der Waals surface area contributed by atoms with Crippen molar-refractivity contribution in [3.8, 4) is 0 Å². The first-order chi connectivity index (χ1) is 10.8. The lowest BCUT2D eigenvalue weighted by molar-refractivity contribution is -0.116. The van der Waals surface area contributed by atoms with Crippen molar-refractivity contribution in [2.75, 3.05) is 5.32 Å². The first-order valence-electron chi connectivity index (χ1n) is 7.14. The molecule has 0 radical (unpaired) electrons. The fourth-order valence-corrected chi connectivity index (χ4v) is 3.39. The largest absolute Gasteiger partial charge is 0.323 e. The molecule has 2 aromatic rings. The average molecular weight is 339 g/mol. The Morgan fingerprint density at radius 1 is 1.35 bits per heavy atom. The summed E-state index contributed by atoms with van der Waals surface area (Å²) in [5.41, 5.74) is 0.517. The summed E-state index contributed by atoms with van der Waals surface area (Å²) in [6.07, 6.45) is 2.97. The Kier molecular flexibility index (Phi) is 5.15. The topological polar surface area (TPSA) is 81.1 Å². The number of amides is 1. The Bertz CT molecular complexity index is 785. The number of sulfone groups is 1. The highest BCUT2D eigenvalue weighted by atomic mass is 32.2. The molecular weight excluding hydrogens is 321 g/mol. The Morgan fingerprint density at radius 3 is 2.57 bits per heavy atom. The number of nitrogens with zero attached hydrogens (tertiary/aromatic N) is 2. The number of anilines is 1. The fraction of sp³-hybridized carbons (Fsp3) is 0.333. The van der Waals surface area contributed by atoms with E-state index >= 15 is 0 Å². The van der Waals surface area contributed by atoms with Crippen LogP contribution in [0.1, 0.15) is 20.3 Å². The standard InChI is InChI=1S/C15H18FN3O3S/c1-3-19-10-13(9-17-19)18-15(20)8-11(2)23(21,22)14-6-4-12(16)5-7-14/h4-7,9-11H,3,8H2,1-2H3,(H,18,20). The molecule has 0 aliphatic heterocycles. The van der Waals surface area contributed by atoms with E-state index in [1.807, 2.05) is 6.92 Å². The molecular formula is C15H18FN3O3S. The van der Waals surface area contributed by atoms with Crippen molar-refractivity contribution in [3.63, 3.8) is 0 Å². The SMILES string of the molecule is CCn1cc(NC(=O)CC(C)S(=O)(=O)c2ccc(F)cc2)cn1. The van der Waals surface area contributed by atoms with E-state index < -0.39 is 26.8 Å². The maximum Gasteiger partial charge on any atom is 0.225 e. The summed E-state index contributed by atoms with van der Waals surface area (Å²) in [5, 5.41) is 5.71. The van der Waals surface area contributed by atoms with Crippen LogP contribution in [0.15, 0.2) is 41.6 Å². The van der Waals surface area contributed by atoms with Gasteiger partial charge in [0.25, 0.3) is 0 Å². The molecule has 6 nitrogen and oxygen atoms in total. The molecule has 1 amide bonds. The van der Waals surface area contributed by atoms with Gasteiger partial charge in [0.15, 0.2) is 9.84 Å². The monoisotopic (exact) mass is 339 g/mol. The number of carbonyl (C=O) groups excluding carboxylic acids is 1. The highest BCUT2D eigenvalue weighted by molar-refractivity contribution is 7.92. The van der Waals surface area contributed by atoms with Crippen molar-refractivity contribution in [2.24, 2.45) is 0 Å². The molecule has 0 saturated carbocycles. The van der Waals surface area contributed by atoms with Crippen molar-refractivity contribution in [2.45, 2.75) is 37.0 Å². The van der Waals surface area contributed by atoms with Gasteiger partial charge in [-0.05, 0) is 38.1 Å². The minimum Gasteiger partial charge on any atom is -0.323 e. The predicted molar refractivity (Wildman–Crippen MR) is 84.2 cm³/mol. The van der Waals surface area contributed by atoms with Gasteiger partial charge in [-0.2, -0.15) is 5.10 Å². The lowest BCUT2D eigenvalue weighted by Gasteiger charge is -2.12. The van der Waals surface area contributed by atoms with Gasteiger partial charge in [0, 0.05) is 19.2 Å². The van der Waals surface area contributed by atoms with Gasteiger partial charge in [-0.3, -0.25) is 9.48 Å². The van der Waals surface area contributed by atoms with Gasteiger partial charge >= 0.3 is 0 Å². The van der Waals surface area contributed by atoms with E-state index in [0.29, 0.717) is 12.2 Å². The van der Waals surface area contributed by atoms with Gasteiger partial charge in [-0.1, -0.05) is 0 Å². The molecule has 0 fully saturated rings. The van der Waals surface area contributed by atoms with Gasteiger partial charge in [0.05, 0.1) is 22.0 Å². The number of benzene rings is 1. The summed E-state index contributed by atoms with van der Waals surface area (Å²) >= 11 is 0. The molecule has 2 rings (SSSR count). The van der Waals surface area contributed by atoms with Crippen molar-refractivity contribution in [1.82, 2.24) is 9.78 Å². The molecule has 0 bridgehead atoms. The molecule has 1 aromatic carbocycles. The van der Waals surface area contributed by atoms with Crippen LogP contribution >= 0.6 is 0 Å². The Morgan fingerprint density at radius 2 is 2.00 bits per heavy atom. The van der Waals surface area contributed by atoms with Gasteiger partial charge in [0.1, 0.15) is 5.82 Å². The van der Waals surface area contributed by atoms with Crippen LogP contribution in [0.25, 0.3) is 0 Å². The van der Waals surface area contributed by atoms with Crippen LogP contribution in [0.4, 0.5) is 10.1 Å². The van der Waals surface area contributed by atoms with E-state index in [0.717, 1.165) is 12.1 Å². The molecule has 0 aliphatic carbocycles. The van der Waals surface area contributed by atoms with E-state index in [2.05, 4.69) is 10.4 Å². The lowest BCUT2D eigenvalue weighted by Crippen LogP contribution is -2.25. The first kappa shape index (κ1) is 17.1. The number of hydrogen-bond acceptors (Lipinski definition) is 4. The van der Waals surface area contributed by atoms with Gasteiger partial charge in [-0.15, -0.1) is 0 Å². The van der Waals surface area contributed by atoms with Gasteiger partial charge < -0.3 is 5.32 Å². The van der Waals surface area contributed by atoms with Crippen LogP contribution in [0, 0.1) is 5.82 Å². The van der Waals surface area contributed by atoms with Crippen molar-refractivity contribution < 1.29 is 17.6 Å². The van der Waals surface area contributed by atoms with Crippen LogP contribution in [0.2, 0.25) is 0 Å². The molecule has 1 N–H and O–H groups in total. The van der Waals surface area contributed by atoms with E-state index in [4.69, 9.17) is 0 Å². The van der Waals surface area contributed by atoms with Gasteiger partial charge in [0.2, 0.25) is 5.91 Å². The minimum absolute atomic E-state index is 0.00185. The third-order valence-electron chi connectivity index (χ3n) is 3.39. The minimum atomic E-state index is -3.69. The number of halogens is 1. The molecule has 124 valence electrons. The Labute approximate surface area is 134 Å². The molecule has 8 heteroatoms. The van der Waals surface area contributed by atoms with E-state index in [1.54, 1.807) is 10.9 Å². The molecule has 0 spiro atoms. The summed E-state index contributed by atoms with van der Waals surface area (Å²) in [6, 6.07) is 4.56. The van der Waals surface area contributed by atoms with E-state index in [-0.39, 0.29) is 11.3 Å². The number of carbonyl (C=O) groups is 1. The second-order valence-corrected chi connectivity index (χ2v) is 7.51. The zero-order valence-corrected chi connectivity index (χ0v) is 13.7. The molecule has 1 atom stereocenters. The summed E-state index contributed by atoms with van der Waals surface area (Å²) < 4.78 is 39.3. The third kappa shape index (κ3) is 4.16. The molecule has 23 heavy (non-hydrogen) atoms. The van der Waals surface area contributed by atoms with Crippen molar-refractivity contribution >= 4 is 21.4 Å². The maximum absolute atomic E-state index is 12.9. The number of nitrogens with one attached hydrogen (secondary N) is 1. The average Bonchev–Trinajstić information content (AvgIpc) is 2.95. The van der Waals surface area contributed by atoms with E-state index in [9.17, 15) is 17.6 Å². The van der Waals surface area contributed by atoms with Crippen molar-refractivity contribution in [3.05, 3.63) is 42.5 Å². The van der Waals surface area contributed by atoms with Crippen LogP contribution in [-0.2, 0) is 21.2 Å². The normalized spacial score (nSPS) is 12.8. The number of aryl methyl sites for hydroxylation is 1. The smallest absolute Gasteiger partial charge is 0.225 e. The molecule has 1 unspecified atom stereocenters. The van der Waals surface area contributed by atoms with Crippen molar-refractivity contribution in [1.29, 1.82) is 0 Å². The second-order valence-electron chi connectivity index (χ2n) is 5.15. The van der Waals surface area contributed by atoms with Crippen LogP contribution < -0.4 is 5.32 Å². The number of rotatable bonds is 6. The summed E-state index contributed by atoms with van der Waals surface area (Å²) in [5.74, 6) is -0.930. The highest BCUT2D eigenvalue weighted by Crippen LogP contribution is 2.19. The molecule has 1 aromatic heterocycles. The van der Waals surface area contributed by atoms with E-state index in [1.165, 1.54) is 25.3 Å². The summed E-state index contributed by atoms with van der Waals surface area (Å²) in [6.45, 7) is 4.04. The zero-order valence-electron chi connectivity index (χ0n) is 12.9. The number of aromatic nitrogens is 2. The Balaban J connectivity index is 2.03. The highest BCUT2D eigenvalue weighted by Gasteiger charge is 2.25. The van der Waals surface area contributed by atoms with Crippen LogP contribution in [-0.4, -0.2) is 29.4 Å². The summed E-state index contributed by atoms with van der Waals surface area (Å²) in [4.78, 5) is 12.0. The van der Waals surface area contributed by atoms with Crippen LogP contribution in [0.5, 0.6) is 0 Å². The number of hydrogen-bond donors (Lipinski definition) is 1. The maximum atomic E-state index is 12.9. The first-order valence-corrected chi connectivity index (χ1v) is 8.69. The third-order valence-corrected chi connectivity index (χ3v) is 5.54. The fourth-order valence-electron chi connectivity index (χ4n) is 2.04. The Hall–Kier alpha value is -2.22. The summed E-state index contributed by atoms with van der Waals surface area (Å²) in [7, 11) is -3.69. The molecule has 0 aliphatic rings. The second kappa shape index (κ2) is 6.91. The van der Waals surface area contributed by atoms with Crippen LogP contribution in [0.3, 0.4) is 0 Å². The lowest BCUT2D eigenvalue weighted by atomic mass is 10.3. The van der Waals surface area contributed by atoms with Gasteiger partial charge in [-0.25, -0.2) is 12.8 Å². The zero-order chi connectivity index (χ0) is 17.0. The molecule has 1 heterocycles. The predicted octanol–water partition coefficient (Wildman–Crippen LogP) is 2.23. The molecule has 0 saturated heterocycles. The quantitative estimate of drug-likeness (QED) is 0.818.